The number of aromatic nitrogens is 2. The molecule has 0 spiro atoms. The van der Waals surface area contributed by atoms with Gasteiger partial charge in [-0.05, 0) is 32.6 Å². The fraction of sp³-hybridized carbons (Fsp3) is 0.733. The number of aliphatic carboxylic acids is 1. The number of carboxylic acids is 1. The van der Waals surface area contributed by atoms with Gasteiger partial charge in [-0.1, -0.05) is 11.6 Å². The minimum absolute atomic E-state index is 0.0565. The minimum Gasteiger partial charge on any atom is -0.481 e. The summed E-state index contributed by atoms with van der Waals surface area (Å²) < 4.78 is 5.21. The lowest BCUT2D eigenvalue weighted by Crippen LogP contribution is -2.46. The summed E-state index contributed by atoms with van der Waals surface area (Å²) in [5.41, 5.74) is -0.828. The molecule has 1 aromatic rings. The summed E-state index contributed by atoms with van der Waals surface area (Å²) in [6.45, 7) is 2.99. The summed E-state index contributed by atoms with van der Waals surface area (Å²) in [7, 11) is 0. The summed E-state index contributed by atoms with van der Waals surface area (Å²) in [6, 6.07) is 0. The van der Waals surface area contributed by atoms with E-state index in [9.17, 15) is 14.7 Å². The third kappa shape index (κ3) is 2.71. The van der Waals surface area contributed by atoms with Crippen LogP contribution in [-0.2, 0) is 9.59 Å². The molecule has 1 saturated heterocycles. The van der Waals surface area contributed by atoms with Crippen LogP contribution in [-0.4, -0.2) is 45.1 Å². The number of carboxylic acid groups (broad SMARTS) is 1. The van der Waals surface area contributed by atoms with Crippen LogP contribution in [0.25, 0.3) is 0 Å². The smallest absolute Gasteiger partial charge is 0.310 e. The van der Waals surface area contributed by atoms with Gasteiger partial charge < -0.3 is 14.5 Å². The second kappa shape index (κ2) is 5.70. The SMILES string of the molecule is Cc1noc(C2CCCN(C(=O)CC3(C(=O)O)CCC3)C2)n1. The Hall–Kier alpha value is -1.92. The van der Waals surface area contributed by atoms with Crippen LogP contribution < -0.4 is 0 Å². The Bertz CT molecular complexity index is 579. The Balaban J connectivity index is 1.64. The zero-order valence-corrected chi connectivity index (χ0v) is 12.7. The summed E-state index contributed by atoms with van der Waals surface area (Å²) in [4.78, 5) is 29.9. The molecule has 1 aliphatic carbocycles. The maximum Gasteiger partial charge on any atom is 0.310 e. The van der Waals surface area contributed by atoms with Gasteiger partial charge in [0.25, 0.3) is 0 Å². The topological polar surface area (TPSA) is 96.5 Å². The molecular formula is C15H21N3O4. The molecule has 3 rings (SSSR count). The number of carbonyl (C=O) groups is 2. The van der Waals surface area contributed by atoms with Gasteiger partial charge in [0.15, 0.2) is 5.82 Å². The van der Waals surface area contributed by atoms with Crippen molar-refractivity contribution in [1.29, 1.82) is 0 Å². The molecule has 0 aromatic carbocycles. The molecule has 7 heteroatoms. The van der Waals surface area contributed by atoms with Gasteiger partial charge >= 0.3 is 5.97 Å². The first kappa shape index (κ1) is 15.0. The van der Waals surface area contributed by atoms with E-state index in [0.717, 1.165) is 19.3 Å². The molecule has 22 heavy (non-hydrogen) atoms. The van der Waals surface area contributed by atoms with E-state index >= 15 is 0 Å². The van der Waals surface area contributed by atoms with Crippen molar-refractivity contribution in [3.63, 3.8) is 0 Å². The van der Waals surface area contributed by atoms with Crippen molar-refractivity contribution >= 4 is 11.9 Å². The van der Waals surface area contributed by atoms with Gasteiger partial charge in [0.05, 0.1) is 11.3 Å². The number of amides is 1. The molecule has 1 aliphatic heterocycles. The predicted octanol–water partition coefficient (Wildman–Crippen LogP) is 1.73. The molecule has 0 bridgehead atoms. The molecule has 1 amide bonds. The van der Waals surface area contributed by atoms with Gasteiger partial charge in [-0.2, -0.15) is 4.98 Å². The third-order valence-corrected chi connectivity index (χ3v) is 4.92. The molecule has 7 nitrogen and oxygen atoms in total. The average molecular weight is 307 g/mol. The molecule has 1 atom stereocenters. The number of hydrogen-bond acceptors (Lipinski definition) is 5. The first-order valence-electron chi connectivity index (χ1n) is 7.81. The van der Waals surface area contributed by atoms with Gasteiger partial charge in [0.1, 0.15) is 0 Å². The molecule has 0 radical (unpaired) electrons. The number of piperidine rings is 1. The Labute approximate surface area is 128 Å². The van der Waals surface area contributed by atoms with Crippen LogP contribution in [0.4, 0.5) is 0 Å². The molecule has 1 N–H and O–H groups in total. The number of nitrogens with zero attached hydrogens (tertiary/aromatic N) is 3. The van der Waals surface area contributed by atoms with Gasteiger partial charge in [-0.25, -0.2) is 0 Å². The predicted molar refractivity (Wildman–Crippen MR) is 76.1 cm³/mol. The maximum atomic E-state index is 12.5. The quantitative estimate of drug-likeness (QED) is 0.910. The molecule has 1 unspecified atom stereocenters. The van der Waals surface area contributed by atoms with Crippen molar-refractivity contribution in [1.82, 2.24) is 15.0 Å². The van der Waals surface area contributed by atoms with Crippen LogP contribution in [0.3, 0.4) is 0 Å². The molecular weight excluding hydrogens is 286 g/mol. The zero-order chi connectivity index (χ0) is 15.7. The highest BCUT2D eigenvalue weighted by Gasteiger charge is 2.47. The number of likely N-dealkylation sites (tertiary alicyclic amines) is 1. The van der Waals surface area contributed by atoms with Crippen molar-refractivity contribution in [2.45, 2.75) is 51.4 Å². The molecule has 2 fully saturated rings. The highest BCUT2D eigenvalue weighted by atomic mass is 16.5. The van der Waals surface area contributed by atoms with Crippen LogP contribution in [0.5, 0.6) is 0 Å². The fourth-order valence-corrected chi connectivity index (χ4v) is 3.36. The lowest BCUT2D eigenvalue weighted by atomic mass is 9.66. The van der Waals surface area contributed by atoms with E-state index in [2.05, 4.69) is 10.1 Å². The van der Waals surface area contributed by atoms with Crippen LogP contribution in [0, 0.1) is 12.3 Å². The second-order valence-electron chi connectivity index (χ2n) is 6.47. The van der Waals surface area contributed by atoms with E-state index in [1.165, 1.54) is 0 Å². The summed E-state index contributed by atoms with van der Waals surface area (Å²) in [6.07, 6.45) is 4.00. The second-order valence-corrected chi connectivity index (χ2v) is 6.47. The lowest BCUT2D eigenvalue weighted by Gasteiger charge is -2.39. The first-order chi connectivity index (χ1) is 10.5. The molecule has 2 heterocycles. The van der Waals surface area contributed by atoms with Crippen LogP contribution in [0.15, 0.2) is 4.52 Å². The van der Waals surface area contributed by atoms with Gasteiger partial charge in [-0.3, -0.25) is 9.59 Å². The Kier molecular flexibility index (Phi) is 3.88. The highest BCUT2D eigenvalue weighted by molar-refractivity contribution is 5.85. The number of rotatable bonds is 4. The van der Waals surface area contributed by atoms with Crippen molar-refractivity contribution in [2.75, 3.05) is 13.1 Å². The van der Waals surface area contributed by atoms with E-state index in [1.807, 2.05) is 0 Å². The molecule has 1 aromatic heterocycles. The first-order valence-corrected chi connectivity index (χ1v) is 7.81. The van der Waals surface area contributed by atoms with Crippen LogP contribution >= 0.6 is 0 Å². The monoisotopic (exact) mass is 307 g/mol. The van der Waals surface area contributed by atoms with E-state index in [0.29, 0.717) is 37.6 Å². The fourth-order valence-electron chi connectivity index (χ4n) is 3.36. The summed E-state index contributed by atoms with van der Waals surface area (Å²) >= 11 is 0. The Morgan fingerprint density at radius 1 is 1.41 bits per heavy atom. The van der Waals surface area contributed by atoms with Gasteiger partial charge in [-0.15, -0.1) is 0 Å². The average Bonchev–Trinajstić information content (AvgIpc) is 2.89. The van der Waals surface area contributed by atoms with Crippen LogP contribution in [0.2, 0.25) is 0 Å². The van der Waals surface area contributed by atoms with E-state index in [1.54, 1.807) is 11.8 Å². The number of hydrogen-bond donors (Lipinski definition) is 1. The molecule has 2 aliphatic rings. The van der Waals surface area contributed by atoms with Crippen molar-refractivity contribution < 1.29 is 19.2 Å². The molecule has 1 saturated carbocycles. The summed E-state index contributed by atoms with van der Waals surface area (Å²) in [5.74, 6) is 0.321. The van der Waals surface area contributed by atoms with E-state index < -0.39 is 11.4 Å². The van der Waals surface area contributed by atoms with Crippen molar-refractivity contribution in [3.8, 4) is 0 Å². The van der Waals surface area contributed by atoms with E-state index in [4.69, 9.17) is 4.52 Å². The highest BCUT2D eigenvalue weighted by Crippen LogP contribution is 2.44. The van der Waals surface area contributed by atoms with Crippen LogP contribution in [0.1, 0.15) is 56.2 Å². The minimum atomic E-state index is -0.840. The van der Waals surface area contributed by atoms with E-state index in [-0.39, 0.29) is 18.2 Å². The van der Waals surface area contributed by atoms with Crippen molar-refractivity contribution in [3.05, 3.63) is 11.7 Å². The Morgan fingerprint density at radius 3 is 2.73 bits per heavy atom. The number of carbonyl (C=O) groups excluding carboxylic acids is 1. The zero-order valence-electron chi connectivity index (χ0n) is 12.7. The maximum absolute atomic E-state index is 12.5. The lowest BCUT2D eigenvalue weighted by molar-refractivity contribution is -0.159. The largest absolute Gasteiger partial charge is 0.481 e. The van der Waals surface area contributed by atoms with Crippen molar-refractivity contribution in [2.24, 2.45) is 5.41 Å². The third-order valence-electron chi connectivity index (χ3n) is 4.92. The molecule has 120 valence electrons. The number of aryl methyl sites for hydroxylation is 1. The van der Waals surface area contributed by atoms with Gasteiger partial charge in [0, 0.05) is 19.5 Å². The Morgan fingerprint density at radius 2 is 2.18 bits per heavy atom. The summed E-state index contributed by atoms with van der Waals surface area (Å²) in [5, 5.41) is 13.2. The normalized spacial score (nSPS) is 23.9. The standard InChI is InChI=1S/C15H21N3O4/c1-10-16-13(22-17-10)11-4-2-7-18(9-11)12(19)8-15(14(20)21)5-3-6-15/h11H,2-9H2,1H3,(H,20,21). The van der Waals surface area contributed by atoms with Gasteiger partial charge in [0.2, 0.25) is 11.8 Å².